The molecule has 0 aliphatic carbocycles. The van der Waals surface area contributed by atoms with Crippen molar-refractivity contribution in [3.63, 3.8) is 0 Å². The Kier molecular flexibility index (Phi) is 6.05. The smallest absolute Gasteiger partial charge is 0.255 e. The fraction of sp³-hybridized carbons (Fsp3) is 0.538. The molecule has 19 heavy (non-hydrogen) atoms. The van der Waals surface area contributed by atoms with Crippen LogP contribution in [0.2, 0.25) is 5.02 Å². The maximum atomic E-state index is 12.3. The van der Waals surface area contributed by atoms with Gasteiger partial charge < -0.3 is 15.3 Å². The number of nitrogens with one attached hydrogen (secondary N) is 1. The third-order valence-corrected chi connectivity index (χ3v) is 3.19. The Morgan fingerprint density at radius 1 is 1.63 bits per heavy atom. The number of anilines is 1. The first kappa shape index (κ1) is 15.7. The van der Waals surface area contributed by atoms with Crippen molar-refractivity contribution in [2.75, 3.05) is 25.5 Å². The molecule has 0 saturated heterocycles. The van der Waals surface area contributed by atoms with E-state index in [9.17, 15) is 4.79 Å². The number of aliphatic hydroxyl groups excluding tert-OH is 1. The van der Waals surface area contributed by atoms with Crippen molar-refractivity contribution in [1.82, 2.24) is 9.88 Å². The van der Waals surface area contributed by atoms with Crippen LogP contribution < -0.4 is 5.32 Å². The minimum atomic E-state index is -0.260. The molecule has 6 heteroatoms. The van der Waals surface area contributed by atoms with Crippen LogP contribution in [0.1, 0.15) is 30.6 Å². The van der Waals surface area contributed by atoms with Crippen molar-refractivity contribution in [3.8, 4) is 0 Å². The standard InChI is InChI=1S/C13H20ClN3O2/c1-4-5-15-12-6-10(11(14)7-16-12)13(19)17(3)9(2)8-18/h6-7,9,18H,4-5,8H2,1-3H3,(H,15,16). The molecular weight excluding hydrogens is 266 g/mol. The Morgan fingerprint density at radius 2 is 2.32 bits per heavy atom. The lowest BCUT2D eigenvalue weighted by Crippen LogP contribution is -2.37. The average molecular weight is 286 g/mol. The second-order valence-corrected chi connectivity index (χ2v) is 4.83. The van der Waals surface area contributed by atoms with Crippen molar-refractivity contribution in [2.45, 2.75) is 26.3 Å². The third-order valence-electron chi connectivity index (χ3n) is 2.89. The number of pyridine rings is 1. The number of carbonyl (C=O) groups excluding carboxylic acids is 1. The van der Waals surface area contributed by atoms with E-state index in [4.69, 9.17) is 16.7 Å². The highest BCUT2D eigenvalue weighted by molar-refractivity contribution is 6.33. The summed E-state index contributed by atoms with van der Waals surface area (Å²) in [5, 5.41) is 12.5. The molecule has 106 valence electrons. The molecule has 0 saturated carbocycles. The van der Waals surface area contributed by atoms with Crippen LogP contribution in [-0.2, 0) is 0 Å². The first-order valence-electron chi connectivity index (χ1n) is 6.28. The van der Waals surface area contributed by atoms with Crippen LogP contribution in [-0.4, -0.2) is 47.1 Å². The molecule has 0 aliphatic rings. The van der Waals surface area contributed by atoms with E-state index in [2.05, 4.69) is 10.3 Å². The lowest BCUT2D eigenvalue weighted by atomic mass is 10.2. The predicted molar refractivity (Wildman–Crippen MR) is 76.7 cm³/mol. The fourth-order valence-electron chi connectivity index (χ4n) is 1.46. The summed E-state index contributed by atoms with van der Waals surface area (Å²) < 4.78 is 0. The summed E-state index contributed by atoms with van der Waals surface area (Å²) in [6.07, 6.45) is 2.43. The Bertz CT molecular complexity index is 440. The van der Waals surface area contributed by atoms with Crippen molar-refractivity contribution in [2.24, 2.45) is 0 Å². The summed E-state index contributed by atoms with van der Waals surface area (Å²) in [6.45, 7) is 4.51. The van der Waals surface area contributed by atoms with Gasteiger partial charge in [-0.15, -0.1) is 0 Å². The van der Waals surface area contributed by atoms with Gasteiger partial charge in [-0.05, 0) is 19.4 Å². The zero-order valence-corrected chi connectivity index (χ0v) is 12.2. The summed E-state index contributed by atoms with van der Waals surface area (Å²) in [4.78, 5) is 17.8. The van der Waals surface area contributed by atoms with E-state index in [-0.39, 0.29) is 18.6 Å². The molecule has 1 unspecified atom stereocenters. The number of carbonyl (C=O) groups is 1. The maximum Gasteiger partial charge on any atom is 0.255 e. The molecule has 0 radical (unpaired) electrons. The summed E-state index contributed by atoms with van der Waals surface area (Å²) in [5.74, 6) is 0.396. The molecule has 1 atom stereocenters. The normalized spacial score (nSPS) is 12.1. The van der Waals surface area contributed by atoms with Gasteiger partial charge in [0.05, 0.1) is 23.2 Å². The van der Waals surface area contributed by atoms with Gasteiger partial charge in [0.25, 0.3) is 5.91 Å². The second-order valence-electron chi connectivity index (χ2n) is 4.42. The molecule has 0 aromatic carbocycles. The molecule has 0 bridgehead atoms. The highest BCUT2D eigenvalue weighted by Gasteiger charge is 2.20. The van der Waals surface area contributed by atoms with Crippen molar-refractivity contribution in [3.05, 3.63) is 22.8 Å². The molecule has 2 N–H and O–H groups in total. The number of hydrogen-bond acceptors (Lipinski definition) is 4. The molecule has 1 rings (SSSR count). The number of amides is 1. The van der Waals surface area contributed by atoms with Crippen molar-refractivity contribution in [1.29, 1.82) is 0 Å². The van der Waals surface area contributed by atoms with Crippen molar-refractivity contribution >= 4 is 23.3 Å². The Balaban J connectivity index is 2.95. The summed E-state index contributed by atoms with van der Waals surface area (Å²) >= 11 is 6.02. The molecule has 0 fully saturated rings. The highest BCUT2D eigenvalue weighted by Crippen LogP contribution is 2.20. The van der Waals surface area contributed by atoms with E-state index >= 15 is 0 Å². The van der Waals surface area contributed by atoms with Crippen LogP contribution >= 0.6 is 11.6 Å². The predicted octanol–water partition coefficient (Wildman–Crippen LogP) is 2.01. The van der Waals surface area contributed by atoms with E-state index < -0.39 is 0 Å². The van der Waals surface area contributed by atoms with Gasteiger partial charge in [-0.3, -0.25) is 4.79 Å². The maximum absolute atomic E-state index is 12.3. The van der Waals surface area contributed by atoms with E-state index in [0.717, 1.165) is 13.0 Å². The van der Waals surface area contributed by atoms with E-state index in [1.165, 1.54) is 11.1 Å². The Morgan fingerprint density at radius 3 is 2.89 bits per heavy atom. The molecule has 1 aromatic rings. The minimum Gasteiger partial charge on any atom is -0.394 e. The van der Waals surface area contributed by atoms with Gasteiger partial charge in [0.2, 0.25) is 0 Å². The quantitative estimate of drug-likeness (QED) is 0.839. The van der Waals surface area contributed by atoms with Crippen molar-refractivity contribution < 1.29 is 9.90 Å². The molecule has 1 heterocycles. The molecule has 1 amide bonds. The number of rotatable bonds is 6. The largest absolute Gasteiger partial charge is 0.394 e. The van der Waals surface area contributed by atoms with Gasteiger partial charge in [0.15, 0.2) is 0 Å². The van der Waals surface area contributed by atoms with Gasteiger partial charge in [-0.2, -0.15) is 0 Å². The first-order chi connectivity index (χ1) is 9.01. The Hall–Kier alpha value is -1.33. The van der Waals surface area contributed by atoms with Crippen LogP contribution in [0.15, 0.2) is 12.3 Å². The first-order valence-corrected chi connectivity index (χ1v) is 6.66. The fourth-order valence-corrected chi connectivity index (χ4v) is 1.65. The number of halogens is 1. The van der Waals surface area contributed by atoms with E-state index in [1.54, 1.807) is 20.0 Å². The zero-order chi connectivity index (χ0) is 14.4. The molecule has 0 spiro atoms. The minimum absolute atomic E-state index is 0.0914. The summed E-state index contributed by atoms with van der Waals surface area (Å²) in [7, 11) is 1.64. The van der Waals surface area contributed by atoms with Crippen LogP contribution in [0.4, 0.5) is 5.82 Å². The average Bonchev–Trinajstić information content (AvgIpc) is 2.43. The monoisotopic (exact) mass is 285 g/mol. The topological polar surface area (TPSA) is 65.5 Å². The SMILES string of the molecule is CCCNc1cc(C(=O)N(C)C(C)CO)c(Cl)cn1. The lowest BCUT2D eigenvalue weighted by Gasteiger charge is -2.23. The van der Waals surface area contributed by atoms with Crippen LogP contribution in [0, 0.1) is 0 Å². The lowest BCUT2D eigenvalue weighted by molar-refractivity contribution is 0.0682. The highest BCUT2D eigenvalue weighted by atomic mass is 35.5. The van der Waals surface area contributed by atoms with Crippen LogP contribution in [0.25, 0.3) is 0 Å². The second kappa shape index (κ2) is 7.31. The molecule has 1 aromatic heterocycles. The number of aromatic nitrogens is 1. The summed E-state index contributed by atoms with van der Waals surface area (Å²) in [6, 6.07) is 1.38. The number of hydrogen-bond donors (Lipinski definition) is 2. The summed E-state index contributed by atoms with van der Waals surface area (Å²) in [5.41, 5.74) is 0.387. The van der Waals surface area contributed by atoms with Gasteiger partial charge in [0, 0.05) is 19.8 Å². The number of likely N-dealkylation sites (N-methyl/N-ethyl adjacent to an activating group) is 1. The third kappa shape index (κ3) is 4.08. The molecule has 5 nitrogen and oxygen atoms in total. The van der Waals surface area contributed by atoms with Gasteiger partial charge in [0.1, 0.15) is 5.82 Å². The van der Waals surface area contributed by atoms with Gasteiger partial charge in [-0.1, -0.05) is 18.5 Å². The van der Waals surface area contributed by atoms with Crippen LogP contribution in [0.3, 0.4) is 0 Å². The number of nitrogens with zero attached hydrogens (tertiary/aromatic N) is 2. The number of aliphatic hydroxyl groups is 1. The van der Waals surface area contributed by atoms with Gasteiger partial charge in [-0.25, -0.2) is 4.98 Å². The Labute approximate surface area is 118 Å². The molecular formula is C13H20ClN3O2. The zero-order valence-electron chi connectivity index (χ0n) is 11.5. The van der Waals surface area contributed by atoms with Crippen LogP contribution in [0.5, 0.6) is 0 Å². The van der Waals surface area contributed by atoms with E-state index in [1.807, 2.05) is 6.92 Å². The van der Waals surface area contributed by atoms with E-state index in [0.29, 0.717) is 16.4 Å². The van der Waals surface area contributed by atoms with Gasteiger partial charge >= 0.3 is 0 Å². The molecule has 0 aliphatic heterocycles.